The van der Waals surface area contributed by atoms with Crippen LogP contribution in [0.3, 0.4) is 0 Å². The quantitative estimate of drug-likeness (QED) is 0.891. The van der Waals surface area contributed by atoms with E-state index in [0.29, 0.717) is 11.8 Å². The fourth-order valence-electron chi connectivity index (χ4n) is 3.86. The Labute approximate surface area is 117 Å². The van der Waals surface area contributed by atoms with E-state index in [9.17, 15) is 13.2 Å². The fourth-order valence-corrected chi connectivity index (χ4v) is 3.86. The van der Waals surface area contributed by atoms with Crippen LogP contribution in [-0.4, -0.2) is 18.8 Å². The summed E-state index contributed by atoms with van der Waals surface area (Å²) in [6.45, 7) is 0.0531. The van der Waals surface area contributed by atoms with Gasteiger partial charge in [-0.2, -0.15) is 13.2 Å². The molecule has 3 rings (SSSR count). The number of fused-ring (bicyclic) bond motifs is 3. The summed E-state index contributed by atoms with van der Waals surface area (Å²) in [5.74, 6) is 0.994. The Bertz CT molecular complexity index is 436. The zero-order valence-corrected chi connectivity index (χ0v) is 11.4. The van der Waals surface area contributed by atoms with E-state index in [1.807, 2.05) is 0 Å². The average Bonchev–Trinajstić information content (AvgIpc) is 2.64. The van der Waals surface area contributed by atoms with Crippen molar-refractivity contribution >= 4 is 0 Å². The summed E-state index contributed by atoms with van der Waals surface area (Å²) in [6.07, 6.45) is -0.478. The molecule has 1 saturated carbocycles. The molecule has 0 heterocycles. The SMILES string of the molecule is FC(F)(F)CCNC1C2CCC1Cc1ccccc1C2. The second kappa shape index (κ2) is 5.40. The van der Waals surface area contributed by atoms with Gasteiger partial charge >= 0.3 is 6.18 Å². The minimum absolute atomic E-state index is 0.0531. The molecule has 0 spiro atoms. The van der Waals surface area contributed by atoms with Crippen LogP contribution in [0.4, 0.5) is 13.2 Å². The Morgan fingerprint density at radius 2 is 1.55 bits per heavy atom. The second-order valence-electron chi connectivity index (χ2n) is 6.12. The van der Waals surface area contributed by atoms with Gasteiger partial charge in [-0.3, -0.25) is 0 Å². The van der Waals surface area contributed by atoms with Gasteiger partial charge in [-0.25, -0.2) is 0 Å². The van der Waals surface area contributed by atoms with Gasteiger partial charge in [-0.15, -0.1) is 0 Å². The van der Waals surface area contributed by atoms with E-state index in [2.05, 4.69) is 29.6 Å². The molecule has 2 aliphatic rings. The third-order valence-electron chi connectivity index (χ3n) is 4.80. The summed E-state index contributed by atoms with van der Waals surface area (Å²) in [7, 11) is 0. The molecule has 2 aliphatic carbocycles. The first kappa shape index (κ1) is 13.9. The topological polar surface area (TPSA) is 12.0 Å². The van der Waals surface area contributed by atoms with Crippen molar-refractivity contribution in [3.05, 3.63) is 35.4 Å². The van der Waals surface area contributed by atoms with Crippen molar-refractivity contribution in [2.24, 2.45) is 11.8 Å². The largest absolute Gasteiger partial charge is 0.390 e. The van der Waals surface area contributed by atoms with Crippen molar-refractivity contribution in [1.29, 1.82) is 0 Å². The van der Waals surface area contributed by atoms with Crippen LogP contribution in [0.15, 0.2) is 24.3 Å². The van der Waals surface area contributed by atoms with E-state index in [1.54, 1.807) is 0 Å². The van der Waals surface area contributed by atoms with Gasteiger partial charge in [0.2, 0.25) is 0 Å². The standard InChI is InChI=1S/C16H20F3N/c17-16(18,19)7-8-20-15-13-5-6-14(15)10-12-4-2-1-3-11(12)9-13/h1-4,13-15,20H,5-10H2. The summed E-state index contributed by atoms with van der Waals surface area (Å²) in [4.78, 5) is 0. The minimum atomic E-state index is -4.06. The maximum Gasteiger partial charge on any atom is 0.390 e. The van der Waals surface area contributed by atoms with E-state index >= 15 is 0 Å². The molecule has 1 aromatic rings. The molecule has 1 nitrogen and oxygen atoms in total. The number of alkyl halides is 3. The summed E-state index contributed by atoms with van der Waals surface area (Å²) < 4.78 is 36.8. The van der Waals surface area contributed by atoms with Gasteiger partial charge in [0.15, 0.2) is 0 Å². The molecule has 1 aromatic carbocycles. The highest BCUT2D eigenvalue weighted by molar-refractivity contribution is 5.30. The number of rotatable bonds is 3. The highest BCUT2D eigenvalue weighted by Crippen LogP contribution is 2.40. The van der Waals surface area contributed by atoms with Gasteiger partial charge in [-0.1, -0.05) is 24.3 Å². The van der Waals surface area contributed by atoms with E-state index in [-0.39, 0.29) is 12.6 Å². The Balaban J connectivity index is 1.67. The van der Waals surface area contributed by atoms with Crippen molar-refractivity contribution in [3.63, 3.8) is 0 Å². The molecule has 1 fully saturated rings. The maximum atomic E-state index is 12.3. The van der Waals surface area contributed by atoms with E-state index in [4.69, 9.17) is 0 Å². The Kier molecular flexibility index (Phi) is 3.76. The lowest BCUT2D eigenvalue weighted by molar-refractivity contribution is -0.133. The first-order valence-electron chi connectivity index (χ1n) is 7.40. The predicted molar refractivity (Wildman–Crippen MR) is 72.5 cm³/mol. The minimum Gasteiger partial charge on any atom is -0.313 e. The highest BCUT2D eigenvalue weighted by atomic mass is 19.4. The van der Waals surface area contributed by atoms with Crippen LogP contribution in [0.1, 0.15) is 30.4 Å². The highest BCUT2D eigenvalue weighted by Gasteiger charge is 2.39. The van der Waals surface area contributed by atoms with E-state index in [1.165, 1.54) is 11.1 Å². The molecule has 2 bridgehead atoms. The van der Waals surface area contributed by atoms with Gasteiger partial charge in [0.25, 0.3) is 0 Å². The molecule has 0 saturated heterocycles. The zero-order chi connectivity index (χ0) is 14.2. The van der Waals surface area contributed by atoms with Gasteiger partial charge < -0.3 is 5.32 Å². The lowest BCUT2D eigenvalue weighted by atomic mass is 9.94. The molecule has 20 heavy (non-hydrogen) atoms. The summed E-state index contributed by atoms with van der Waals surface area (Å²) in [5.41, 5.74) is 2.78. The number of benzene rings is 1. The molecule has 0 radical (unpaired) electrons. The molecule has 0 aromatic heterocycles. The van der Waals surface area contributed by atoms with E-state index in [0.717, 1.165) is 25.7 Å². The van der Waals surface area contributed by atoms with Crippen molar-refractivity contribution in [2.45, 2.75) is 44.3 Å². The molecule has 2 atom stereocenters. The second-order valence-corrected chi connectivity index (χ2v) is 6.12. The summed E-state index contributed by atoms with van der Waals surface area (Å²) in [6, 6.07) is 8.71. The lowest BCUT2D eigenvalue weighted by Gasteiger charge is -2.24. The molecule has 110 valence electrons. The molecule has 1 N–H and O–H groups in total. The third kappa shape index (κ3) is 3.00. The van der Waals surface area contributed by atoms with Crippen LogP contribution >= 0.6 is 0 Å². The number of halogens is 3. The van der Waals surface area contributed by atoms with Crippen LogP contribution < -0.4 is 5.32 Å². The maximum absolute atomic E-state index is 12.3. The van der Waals surface area contributed by atoms with Gasteiger partial charge in [0.1, 0.15) is 0 Å². The first-order valence-corrected chi connectivity index (χ1v) is 7.40. The van der Waals surface area contributed by atoms with Crippen molar-refractivity contribution in [1.82, 2.24) is 5.32 Å². The van der Waals surface area contributed by atoms with Crippen molar-refractivity contribution in [3.8, 4) is 0 Å². The van der Waals surface area contributed by atoms with Gasteiger partial charge in [-0.05, 0) is 48.6 Å². The molecule has 0 aliphatic heterocycles. The fraction of sp³-hybridized carbons (Fsp3) is 0.625. The summed E-state index contributed by atoms with van der Waals surface area (Å²) >= 11 is 0. The Morgan fingerprint density at radius 1 is 1.00 bits per heavy atom. The van der Waals surface area contributed by atoms with Crippen LogP contribution in [0, 0.1) is 11.8 Å². The normalized spacial score (nSPS) is 29.1. The van der Waals surface area contributed by atoms with Crippen LogP contribution in [0.5, 0.6) is 0 Å². The van der Waals surface area contributed by atoms with E-state index < -0.39 is 12.6 Å². The zero-order valence-electron chi connectivity index (χ0n) is 11.4. The average molecular weight is 283 g/mol. The number of hydrogen-bond donors (Lipinski definition) is 1. The smallest absolute Gasteiger partial charge is 0.313 e. The van der Waals surface area contributed by atoms with Crippen LogP contribution in [0.2, 0.25) is 0 Å². The van der Waals surface area contributed by atoms with Gasteiger partial charge in [0.05, 0.1) is 6.42 Å². The molecular weight excluding hydrogens is 263 g/mol. The lowest BCUT2D eigenvalue weighted by Crippen LogP contribution is -2.39. The Morgan fingerprint density at radius 3 is 2.05 bits per heavy atom. The monoisotopic (exact) mass is 283 g/mol. The summed E-state index contributed by atoms with van der Waals surface area (Å²) in [5, 5.41) is 3.20. The molecular formula is C16H20F3N. The predicted octanol–water partition coefficient (Wildman–Crippen LogP) is 3.72. The Hall–Kier alpha value is -1.03. The van der Waals surface area contributed by atoms with Crippen LogP contribution in [-0.2, 0) is 12.8 Å². The molecule has 0 amide bonds. The van der Waals surface area contributed by atoms with Gasteiger partial charge in [0, 0.05) is 12.6 Å². The van der Waals surface area contributed by atoms with Crippen molar-refractivity contribution < 1.29 is 13.2 Å². The van der Waals surface area contributed by atoms with Crippen LogP contribution in [0.25, 0.3) is 0 Å². The molecule has 2 unspecified atom stereocenters. The molecule has 4 heteroatoms. The number of nitrogens with one attached hydrogen (secondary N) is 1. The first-order chi connectivity index (χ1) is 9.53. The number of hydrogen-bond acceptors (Lipinski definition) is 1. The third-order valence-corrected chi connectivity index (χ3v) is 4.80. The van der Waals surface area contributed by atoms with Crippen molar-refractivity contribution in [2.75, 3.05) is 6.54 Å².